The van der Waals surface area contributed by atoms with Gasteiger partial charge in [-0.1, -0.05) is 42.5 Å². The highest BCUT2D eigenvalue weighted by Gasteiger charge is 2.24. The predicted molar refractivity (Wildman–Crippen MR) is 132 cm³/mol. The van der Waals surface area contributed by atoms with Gasteiger partial charge in [0.2, 0.25) is 5.91 Å². The van der Waals surface area contributed by atoms with Gasteiger partial charge in [0.1, 0.15) is 17.2 Å². The molecular weight excluding hydrogens is 451 g/mol. The predicted octanol–water partition coefficient (Wildman–Crippen LogP) is 4.22. The van der Waals surface area contributed by atoms with Gasteiger partial charge in [-0.05, 0) is 49.2 Å². The molecule has 2 aromatic carbocycles. The van der Waals surface area contributed by atoms with Crippen LogP contribution in [0, 0.1) is 5.82 Å². The molecule has 1 atom stereocenters. The van der Waals surface area contributed by atoms with Crippen molar-refractivity contribution in [2.24, 2.45) is 0 Å². The minimum Gasteiger partial charge on any atom is -0.353 e. The number of hydrogen-bond acceptors (Lipinski definition) is 5. The summed E-state index contributed by atoms with van der Waals surface area (Å²) in [6, 6.07) is 16.3. The molecule has 1 saturated heterocycles. The Morgan fingerprint density at radius 3 is 2.56 bits per heavy atom. The number of aromatic nitrogens is 2. The Morgan fingerprint density at radius 2 is 1.82 bits per heavy atom. The summed E-state index contributed by atoms with van der Waals surface area (Å²) in [5.41, 5.74) is 2.34. The van der Waals surface area contributed by atoms with Crippen LogP contribution in [0.1, 0.15) is 24.4 Å². The number of rotatable bonds is 7. The second-order valence-corrected chi connectivity index (χ2v) is 9.35. The Labute approximate surface area is 200 Å². The van der Waals surface area contributed by atoms with Crippen LogP contribution in [-0.2, 0) is 11.3 Å². The number of carbonyl (C=O) groups is 1. The van der Waals surface area contributed by atoms with Crippen LogP contribution in [0.15, 0.2) is 71.1 Å². The fraction of sp³-hybridized carbons (Fsp3) is 0.269. The molecule has 0 aliphatic carbocycles. The van der Waals surface area contributed by atoms with Crippen molar-refractivity contribution >= 4 is 27.5 Å². The summed E-state index contributed by atoms with van der Waals surface area (Å²) in [5.74, 6) is -0.569. The van der Waals surface area contributed by atoms with Gasteiger partial charge < -0.3 is 5.32 Å². The zero-order valence-corrected chi connectivity index (χ0v) is 19.4. The van der Waals surface area contributed by atoms with Gasteiger partial charge in [-0.2, -0.15) is 0 Å². The standard InChI is InChI=1S/C26H25FN4O2S/c27-20-10-8-18(9-11-20)21-16-34-25-24(21)26(33)31(17-29-25)15-23(32)28-14-22(30-12-4-5-13-30)19-6-2-1-3-7-19/h1-3,6-11,16-17,22H,4-5,12-15H2,(H,28,32)/t22-/m0/s1. The molecule has 4 aromatic rings. The maximum atomic E-state index is 13.3. The first-order chi connectivity index (χ1) is 16.6. The number of amides is 1. The molecule has 0 unspecified atom stereocenters. The molecule has 0 radical (unpaired) electrons. The molecule has 1 aliphatic rings. The van der Waals surface area contributed by atoms with Crippen LogP contribution < -0.4 is 10.9 Å². The van der Waals surface area contributed by atoms with E-state index in [4.69, 9.17) is 0 Å². The highest BCUT2D eigenvalue weighted by Crippen LogP contribution is 2.30. The van der Waals surface area contributed by atoms with Crippen LogP contribution in [0.2, 0.25) is 0 Å². The Hall–Kier alpha value is -3.36. The molecule has 8 heteroatoms. The van der Waals surface area contributed by atoms with Crippen molar-refractivity contribution in [3.05, 3.63) is 88.0 Å². The second-order valence-electron chi connectivity index (χ2n) is 8.49. The molecule has 0 saturated carbocycles. The number of benzene rings is 2. The molecule has 1 amide bonds. The summed E-state index contributed by atoms with van der Waals surface area (Å²) >= 11 is 1.36. The monoisotopic (exact) mass is 476 g/mol. The number of nitrogens with one attached hydrogen (secondary N) is 1. The van der Waals surface area contributed by atoms with Crippen LogP contribution in [0.3, 0.4) is 0 Å². The molecule has 174 valence electrons. The van der Waals surface area contributed by atoms with E-state index >= 15 is 0 Å². The number of fused-ring (bicyclic) bond motifs is 1. The summed E-state index contributed by atoms with van der Waals surface area (Å²) in [7, 11) is 0. The number of halogens is 1. The molecule has 1 N–H and O–H groups in total. The maximum Gasteiger partial charge on any atom is 0.263 e. The molecule has 5 rings (SSSR count). The van der Waals surface area contributed by atoms with Gasteiger partial charge in [-0.3, -0.25) is 19.1 Å². The van der Waals surface area contributed by atoms with E-state index < -0.39 is 0 Å². The molecule has 1 fully saturated rings. The fourth-order valence-electron chi connectivity index (χ4n) is 4.53. The first kappa shape index (κ1) is 22.4. The molecule has 0 spiro atoms. The lowest BCUT2D eigenvalue weighted by molar-refractivity contribution is -0.122. The van der Waals surface area contributed by atoms with E-state index in [9.17, 15) is 14.0 Å². The van der Waals surface area contributed by atoms with E-state index in [2.05, 4.69) is 27.3 Å². The Morgan fingerprint density at radius 1 is 1.09 bits per heavy atom. The van der Waals surface area contributed by atoms with Crippen LogP contribution in [-0.4, -0.2) is 40.0 Å². The van der Waals surface area contributed by atoms with Crippen LogP contribution in [0.4, 0.5) is 4.39 Å². The third-order valence-corrected chi connectivity index (χ3v) is 7.17. The Bertz CT molecular complexity index is 1340. The van der Waals surface area contributed by atoms with Gasteiger partial charge >= 0.3 is 0 Å². The summed E-state index contributed by atoms with van der Waals surface area (Å²) in [4.78, 5) is 33.4. The number of carbonyl (C=O) groups excluding carboxylic acids is 1. The lowest BCUT2D eigenvalue weighted by Crippen LogP contribution is -2.39. The first-order valence-electron chi connectivity index (χ1n) is 11.4. The minimum atomic E-state index is -0.335. The number of thiophene rings is 1. The Kier molecular flexibility index (Phi) is 6.51. The zero-order valence-electron chi connectivity index (χ0n) is 18.6. The van der Waals surface area contributed by atoms with Crippen molar-refractivity contribution in [1.29, 1.82) is 0 Å². The summed E-state index contributed by atoms with van der Waals surface area (Å²) in [6.07, 6.45) is 3.75. The smallest absolute Gasteiger partial charge is 0.263 e. The van der Waals surface area contributed by atoms with E-state index in [1.807, 2.05) is 23.6 Å². The normalized spacial score (nSPS) is 15.0. The maximum absolute atomic E-state index is 13.3. The third kappa shape index (κ3) is 4.64. The van der Waals surface area contributed by atoms with Crippen molar-refractivity contribution < 1.29 is 9.18 Å². The van der Waals surface area contributed by atoms with Crippen molar-refractivity contribution in [2.75, 3.05) is 19.6 Å². The molecule has 0 bridgehead atoms. The van der Waals surface area contributed by atoms with Gasteiger partial charge in [0.25, 0.3) is 5.56 Å². The van der Waals surface area contributed by atoms with E-state index in [-0.39, 0.29) is 29.9 Å². The first-order valence-corrected chi connectivity index (χ1v) is 12.3. The van der Waals surface area contributed by atoms with E-state index in [0.29, 0.717) is 22.3 Å². The van der Waals surface area contributed by atoms with Crippen LogP contribution >= 0.6 is 11.3 Å². The molecular formula is C26H25FN4O2S. The van der Waals surface area contributed by atoms with Crippen LogP contribution in [0.5, 0.6) is 0 Å². The SMILES string of the molecule is O=C(Cn1cnc2scc(-c3ccc(F)cc3)c2c1=O)NC[C@@H](c1ccccc1)N1CCCC1. The fourth-order valence-corrected chi connectivity index (χ4v) is 5.44. The third-order valence-electron chi connectivity index (χ3n) is 6.29. The van der Waals surface area contributed by atoms with E-state index in [1.54, 1.807) is 12.1 Å². The van der Waals surface area contributed by atoms with Crippen molar-refractivity contribution in [1.82, 2.24) is 19.8 Å². The number of nitrogens with zero attached hydrogens (tertiary/aromatic N) is 3. The average Bonchev–Trinajstić information content (AvgIpc) is 3.53. The van der Waals surface area contributed by atoms with Gasteiger partial charge in [0, 0.05) is 17.5 Å². The quantitative estimate of drug-likeness (QED) is 0.434. The molecule has 3 heterocycles. The second kappa shape index (κ2) is 9.87. The van der Waals surface area contributed by atoms with E-state index in [1.165, 1.54) is 39.9 Å². The summed E-state index contributed by atoms with van der Waals surface area (Å²) in [6.45, 7) is 2.40. The summed E-state index contributed by atoms with van der Waals surface area (Å²) in [5, 5.41) is 5.32. The van der Waals surface area contributed by atoms with Crippen molar-refractivity contribution in [3.63, 3.8) is 0 Å². The van der Waals surface area contributed by atoms with Crippen molar-refractivity contribution in [2.45, 2.75) is 25.4 Å². The average molecular weight is 477 g/mol. The highest BCUT2D eigenvalue weighted by atomic mass is 32.1. The zero-order chi connectivity index (χ0) is 23.5. The highest BCUT2D eigenvalue weighted by molar-refractivity contribution is 7.17. The van der Waals surface area contributed by atoms with Gasteiger partial charge in [0.15, 0.2) is 0 Å². The Balaban J connectivity index is 1.34. The molecule has 6 nitrogen and oxygen atoms in total. The van der Waals surface area contributed by atoms with Crippen LogP contribution in [0.25, 0.3) is 21.3 Å². The molecule has 1 aliphatic heterocycles. The van der Waals surface area contributed by atoms with E-state index in [0.717, 1.165) is 31.5 Å². The molecule has 2 aromatic heterocycles. The lowest BCUT2D eigenvalue weighted by atomic mass is 10.1. The topological polar surface area (TPSA) is 67.2 Å². The van der Waals surface area contributed by atoms with Gasteiger partial charge in [0.05, 0.1) is 17.8 Å². The minimum absolute atomic E-state index is 0.104. The number of likely N-dealkylation sites (tertiary alicyclic amines) is 1. The summed E-state index contributed by atoms with van der Waals surface area (Å²) < 4.78 is 14.7. The van der Waals surface area contributed by atoms with Crippen molar-refractivity contribution in [3.8, 4) is 11.1 Å². The lowest BCUT2D eigenvalue weighted by Gasteiger charge is -2.28. The number of hydrogen-bond donors (Lipinski definition) is 1. The molecule has 34 heavy (non-hydrogen) atoms. The van der Waals surface area contributed by atoms with Gasteiger partial charge in [-0.25, -0.2) is 9.37 Å². The largest absolute Gasteiger partial charge is 0.353 e. The van der Waals surface area contributed by atoms with Gasteiger partial charge in [-0.15, -0.1) is 11.3 Å².